The third-order valence-electron chi connectivity index (χ3n) is 4.83. The van der Waals surface area contributed by atoms with E-state index in [1.807, 2.05) is 11.0 Å². The van der Waals surface area contributed by atoms with Gasteiger partial charge in [0.1, 0.15) is 5.69 Å². The maximum Gasteiger partial charge on any atom is 0.293 e. The van der Waals surface area contributed by atoms with E-state index in [1.54, 1.807) is 36.4 Å². The molecule has 0 aromatic heterocycles. The monoisotopic (exact) mass is 364 g/mol. The Balaban J connectivity index is 1.81. The number of amides is 1. The van der Waals surface area contributed by atoms with Crippen molar-refractivity contribution >= 4 is 23.0 Å². The second-order valence-electron chi connectivity index (χ2n) is 6.77. The van der Waals surface area contributed by atoms with Crippen molar-refractivity contribution in [2.75, 3.05) is 23.3 Å². The summed E-state index contributed by atoms with van der Waals surface area (Å²) in [7, 11) is 0. The number of hydrogen-bond acceptors (Lipinski definition) is 5. The minimum Gasteiger partial charge on any atom is -0.366 e. The lowest BCUT2D eigenvalue weighted by Crippen LogP contribution is -2.33. The smallest absolute Gasteiger partial charge is 0.293 e. The summed E-state index contributed by atoms with van der Waals surface area (Å²) in [5.41, 5.74) is 1.73. The molecule has 1 aliphatic rings. The average Bonchev–Trinajstić information content (AvgIpc) is 2.68. The Morgan fingerprint density at radius 1 is 1.22 bits per heavy atom. The predicted octanol–water partition coefficient (Wildman–Crippen LogP) is 3.96. The molecule has 0 radical (unpaired) electrons. The van der Waals surface area contributed by atoms with Crippen LogP contribution in [0.1, 0.15) is 35.7 Å². The molecular formula is C20H20N4O3. The number of nitro benzene ring substituents is 1. The molecular weight excluding hydrogens is 344 g/mol. The fourth-order valence-electron chi connectivity index (χ4n) is 3.16. The fourth-order valence-corrected chi connectivity index (χ4v) is 3.16. The first kappa shape index (κ1) is 18.4. The lowest BCUT2D eigenvalue weighted by atomic mass is 9.98. The average molecular weight is 364 g/mol. The molecule has 1 fully saturated rings. The Bertz CT molecular complexity index is 894. The summed E-state index contributed by atoms with van der Waals surface area (Å²) in [5.74, 6) is 0.194. The van der Waals surface area contributed by atoms with E-state index >= 15 is 0 Å². The van der Waals surface area contributed by atoms with Gasteiger partial charge in [-0.1, -0.05) is 6.92 Å². The number of carbonyl (C=O) groups is 1. The van der Waals surface area contributed by atoms with Crippen molar-refractivity contribution in [1.82, 2.24) is 0 Å². The Morgan fingerprint density at radius 2 is 1.89 bits per heavy atom. The van der Waals surface area contributed by atoms with Crippen molar-refractivity contribution < 1.29 is 9.72 Å². The number of nitro groups is 1. The minimum absolute atomic E-state index is 0.0583. The van der Waals surface area contributed by atoms with Gasteiger partial charge in [-0.3, -0.25) is 14.9 Å². The van der Waals surface area contributed by atoms with Crippen molar-refractivity contribution in [3.05, 3.63) is 63.7 Å². The molecule has 1 saturated heterocycles. The zero-order chi connectivity index (χ0) is 19.4. The fraction of sp³-hybridized carbons (Fsp3) is 0.300. The molecule has 7 heteroatoms. The van der Waals surface area contributed by atoms with E-state index in [4.69, 9.17) is 5.26 Å². The van der Waals surface area contributed by atoms with Crippen LogP contribution >= 0.6 is 0 Å². The minimum atomic E-state index is -0.439. The number of rotatable bonds is 4. The van der Waals surface area contributed by atoms with Crippen LogP contribution in [0.2, 0.25) is 0 Å². The van der Waals surface area contributed by atoms with Crippen LogP contribution in [0.5, 0.6) is 0 Å². The van der Waals surface area contributed by atoms with E-state index in [0.29, 0.717) is 22.9 Å². The Kier molecular flexibility index (Phi) is 5.36. The van der Waals surface area contributed by atoms with Crippen LogP contribution in [0.25, 0.3) is 0 Å². The van der Waals surface area contributed by atoms with Gasteiger partial charge in [-0.15, -0.1) is 0 Å². The largest absolute Gasteiger partial charge is 0.366 e. The zero-order valence-corrected chi connectivity index (χ0v) is 15.0. The molecule has 7 nitrogen and oxygen atoms in total. The van der Waals surface area contributed by atoms with Crippen LogP contribution in [0.3, 0.4) is 0 Å². The van der Waals surface area contributed by atoms with Gasteiger partial charge in [0.05, 0.1) is 16.6 Å². The number of benzene rings is 2. The molecule has 0 spiro atoms. The number of carbonyl (C=O) groups excluding carboxylic acids is 1. The second-order valence-corrected chi connectivity index (χ2v) is 6.77. The van der Waals surface area contributed by atoms with Gasteiger partial charge >= 0.3 is 0 Å². The molecule has 2 aromatic rings. The molecule has 1 aliphatic heterocycles. The highest BCUT2D eigenvalue weighted by atomic mass is 16.6. The van der Waals surface area contributed by atoms with E-state index in [0.717, 1.165) is 25.9 Å². The summed E-state index contributed by atoms with van der Waals surface area (Å²) >= 11 is 0. The van der Waals surface area contributed by atoms with Crippen molar-refractivity contribution in [1.29, 1.82) is 5.26 Å². The van der Waals surface area contributed by atoms with Gasteiger partial charge in [0.15, 0.2) is 0 Å². The number of hydrogen-bond donors (Lipinski definition) is 1. The third-order valence-corrected chi connectivity index (χ3v) is 4.83. The lowest BCUT2D eigenvalue weighted by molar-refractivity contribution is -0.384. The van der Waals surface area contributed by atoms with Crippen molar-refractivity contribution in [3.8, 4) is 6.07 Å². The quantitative estimate of drug-likeness (QED) is 0.654. The maximum absolute atomic E-state index is 12.5. The molecule has 1 amide bonds. The molecule has 2 aromatic carbocycles. The van der Waals surface area contributed by atoms with Gasteiger partial charge in [0.2, 0.25) is 0 Å². The molecule has 0 bridgehead atoms. The van der Waals surface area contributed by atoms with Gasteiger partial charge in [-0.05, 0) is 55.2 Å². The van der Waals surface area contributed by atoms with E-state index in [1.165, 1.54) is 6.07 Å². The third kappa shape index (κ3) is 4.23. The summed E-state index contributed by atoms with van der Waals surface area (Å²) in [6.07, 6.45) is 2.00. The number of nitriles is 1. The summed E-state index contributed by atoms with van der Waals surface area (Å²) in [4.78, 5) is 25.6. The van der Waals surface area contributed by atoms with Crippen LogP contribution in [0.4, 0.5) is 17.1 Å². The van der Waals surface area contributed by atoms with Crippen molar-refractivity contribution in [2.45, 2.75) is 19.8 Å². The van der Waals surface area contributed by atoms with Crippen LogP contribution in [0, 0.1) is 27.4 Å². The number of anilines is 2. The molecule has 1 N–H and O–H groups in total. The number of nitrogens with zero attached hydrogens (tertiary/aromatic N) is 3. The molecule has 0 saturated carbocycles. The van der Waals surface area contributed by atoms with E-state index in [-0.39, 0.29) is 11.3 Å². The first-order valence-electron chi connectivity index (χ1n) is 8.83. The molecule has 27 heavy (non-hydrogen) atoms. The molecule has 1 heterocycles. The van der Waals surface area contributed by atoms with Crippen molar-refractivity contribution in [2.24, 2.45) is 5.92 Å². The Labute approximate surface area is 157 Å². The van der Waals surface area contributed by atoms with E-state index < -0.39 is 10.8 Å². The molecule has 0 unspecified atom stereocenters. The summed E-state index contributed by atoms with van der Waals surface area (Å²) in [6.45, 7) is 3.74. The highest BCUT2D eigenvalue weighted by molar-refractivity contribution is 6.05. The summed E-state index contributed by atoms with van der Waals surface area (Å²) < 4.78 is 0. The Morgan fingerprint density at radius 3 is 2.48 bits per heavy atom. The Hall–Kier alpha value is -3.40. The molecule has 138 valence electrons. The van der Waals surface area contributed by atoms with E-state index in [9.17, 15) is 14.9 Å². The summed E-state index contributed by atoms with van der Waals surface area (Å²) in [5, 5.41) is 23.1. The lowest BCUT2D eigenvalue weighted by Gasteiger charge is -2.31. The predicted molar refractivity (Wildman–Crippen MR) is 103 cm³/mol. The summed E-state index contributed by atoms with van der Waals surface area (Å²) in [6, 6.07) is 13.0. The standard InChI is InChI=1S/C20H20N4O3/c1-14-8-10-23(11-9-14)18-7-4-16(12-19(18)24(26)27)20(25)22-17-5-2-15(13-21)3-6-17/h2-7,12,14H,8-11H2,1H3,(H,22,25). The second kappa shape index (κ2) is 7.87. The zero-order valence-electron chi connectivity index (χ0n) is 15.0. The van der Waals surface area contributed by atoms with Crippen molar-refractivity contribution in [3.63, 3.8) is 0 Å². The highest BCUT2D eigenvalue weighted by Crippen LogP contribution is 2.32. The van der Waals surface area contributed by atoms with Gasteiger partial charge in [-0.2, -0.15) is 5.26 Å². The molecule has 0 atom stereocenters. The topological polar surface area (TPSA) is 99.3 Å². The van der Waals surface area contributed by atoms with Crippen LogP contribution in [-0.2, 0) is 0 Å². The van der Waals surface area contributed by atoms with Crippen LogP contribution in [0.15, 0.2) is 42.5 Å². The first-order chi connectivity index (χ1) is 13.0. The highest BCUT2D eigenvalue weighted by Gasteiger charge is 2.24. The molecule has 3 rings (SSSR count). The van der Waals surface area contributed by atoms with Crippen LogP contribution in [-0.4, -0.2) is 23.9 Å². The first-order valence-corrected chi connectivity index (χ1v) is 8.83. The van der Waals surface area contributed by atoms with Crippen LogP contribution < -0.4 is 10.2 Å². The van der Waals surface area contributed by atoms with Gasteiger partial charge in [0, 0.05) is 30.4 Å². The SMILES string of the molecule is CC1CCN(c2ccc(C(=O)Nc3ccc(C#N)cc3)cc2[N+](=O)[O-])CC1. The number of piperidine rings is 1. The van der Waals surface area contributed by atoms with Gasteiger partial charge < -0.3 is 10.2 Å². The maximum atomic E-state index is 12.5. The van der Waals surface area contributed by atoms with Gasteiger partial charge in [-0.25, -0.2) is 0 Å². The van der Waals surface area contributed by atoms with E-state index in [2.05, 4.69) is 12.2 Å². The molecule has 0 aliphatic carbocycles. The number of nitrogens with one attached hydrogen (secondary N) is 1. The normalized spacial score (nSPS) is 14.4. The van der Waals surface area contributed by atoms with Gasteiger partial charge in [0.25, 0.3) is 11.6 Å².